The molecule has 0 atom stereocenters. The number of carbonyl (C=O) groups excluding carboxylic acids is 1. The third-order valence-corrected chi connectivity index (χ3v) is 6.38. The summed E-state index contributed by atoms with van der Waals surface area (Å²) >= 11 is 3.72. The predicted molar refractivity (Wildman–Crippen MR) is 106 cm³/mol. The van der Waals surface area contributed by atoms with E-state index in [1.54, 1.807) is 11.8 Å². The molecule has 2 aromatic rings. The van der Waals surface area contributed by atoms with Crippen molar-refractivity contribution < 1.29 is 4.79 Å². The maximum absolute atomic E-state index is 12.8. The molecule has 126 valence electrons. The summed E-state index contributed by atoms with van der Waals surface area (Å²) in [5.74, 6) is 2.45. The van der Waals surface area contributed by atoms with E-state index in [0.717, 1.165) is 41.0 Å². The third-order valence-electron chi connectivity index (χ3n) is 4.59. The second kappa shape index (κ2) is 8.13. The molecule has 0 N–H and O–H groups in total. The molecule has 0 aliphatic carbocycles. The summed E-state index contributed by atoms with van der Waals surface area (Å²) in [6.07, 6.45) is 4.28. The molecule has 1 amide bonds. The summed E-state index contributed by atoms with van der Waals surface area (Å²) in [4.78, 5) is 16.0. The van der Waals surface area contributed by atoms with Crippen molar-refractivity contribution >= 4 is 29.4 Å². The van der Waals surface area contributed by atoms with Crippen LogP contribution in [0.4, 0.5) is 0 Å². The number of carbonyl (C=O) groups is 1. The molecule has 0 aromatic heterocycles. The van der Waals surface area contributed by atoms with Crippen LogP contribution in [-0.4, -0.2) is 41.7 Å². The normalized spacial score (nSPS) is 15.2. The van der Waals surface area contributed by atoms with Gasteiger partial charge in [-0.3, -0.25) is 4.79 Å². The second-order valence-corrected chi connectivity index (χ2v) is 8.17. The molecule has 2 aromatic carbocycles. The SMILES string of the molecule is CSc1ccc(-c2cccc(C(=O)N(C)C3CCSCC3)c2)cc1. The number of rotatable bonds is 4. The minimum absolute atomic E-state index is 0.134. The van der Waals surface area contributed by atoms with Crippen LogP contribution in [0.3, 0.4) is 0 Å². The first kappa shape index (κ1) is 17.4. The highest BCUT2D eigenvalue weighted by Gasteiger charge is 2.23. The van der Waals surface area contributed by atoms with Crippen LogP contribution in [-0.2, 0) is 0 Å². The molecular weight excluding hydrogens is 334 g/mol. The zero-order valence-electron chi connectivity index (χ0n) is 14.2. The van der Waals surface area contributed by atoms with Crippen molar-refractivity contribution in [1.29, 1.82) is 0 Å². The summed E-state index contributed by atoms with van der Waals surface area (Å²) in [5, 5.41) is 0. The van der Waals surface area contributed by atoms with Crippen LogP contribution in [0.15, 0.2) is 53.4 Å². The Morgan fingerprint density at radius 2 is 1.79 bits per heavy atom. The van der Waals surface area contributed by atoms with Crippen LogP contribution in [0, 0.1) is 0 Å². The molecule has 0 bridgehead atoms. The highest BCUT2D eigenvalue weighted by atomic mass is 32.2. The fraction of sp³-hybridized carbons (Fsp3) is 0.350. The van der Waals surface area contributed by atoms with Gasteiger partial charge < -0.3 is 4.90 Å². The van der Waals surface area contributed by atoms with Crippen molar-refractivity contribution in [2.24, 2.45) is 0 Å². The summed E-state index contributed by atoms with van der Waals surface area (Å²) in [5.41, 5.74) is 3.03. The van der Waals surface area contributed by atoms with Crippen molar-refractivity contribution in [1.82, 2.24) is 4.90 Å². The van der Waals surface area contributed by atoms with E-state index < -0.39 is 0 Å². The van der Waals surface area contributed by atoms with Gasteiger partial charge in [0.15, 0.2) is 0 Å². The highest BCUT2D eigenvalue weighted by molar-refractivity contribution is 7.99. The van der Waals surface area contributed by atoms with E-state index >= 15 is 0 Å². The van der Waals surface area contributed by atoms with Crippen LogP contribution in [0.1, 0.15) is 23.2 Å². The summed E-state index contributed by atoms with van der Waals surface area (Å²) in [6, 6.07) is 16.9. The van der Waals surface area contributed by atoms with Crippen molar-refractivity contribution in [3.63, 3.8) is 0 Å². The topological polar surface area (TPSA) is 20.3 Å². The van der Waals surface area contributed by atoms with Crippen LogP contribution >= 0.6 is 23.5 Å². The first-order valence-corrected chi connectivity index (χ1v) is 10.7. The Labute approximate surface area is 153 Å². The van der Waals surface area contributed by atoms with Gasteiger partial charge in [0, 0.05) is 23.5 Å². The molecule has 3 rings (SSSR count). The van der Waals surface area contributed by atoms with Gasteiger partial charge in [-0.1, -0.05) is 24.3 Å². The molecule has 0 saturated carbocycles. The Morgan fingerprint density at radius 3 is 2.46 bits per heavy atom. The highest BCUT2D eigenvalue weighted by Crippen LogP contribution is 2.26. The minimum Gasteiger partial charge on any atom is -0.339 e. The van der Waals surface area contributed by atoms with Gasteiger partial charge >= 0.3 is 0 Å². The van der Waals surface area contributed by atoms with Crippen molar-refractivity contribution in [2.45, 2.75) is 23.8 Å². The van der Waals surface area contributed by atoms with Crippen LogP contribution in [0.5, 0.6) is 0 Å². The first-order chi connectivity index (χ1) is 11.7. The second-order valence-electron chi connectivity index (χ2n) is 6.07. The lowest BCUT2D eigenvalue weighted by Gasteiger charge is -2.31. The lowest BCUT2D eigenvalue weighted by molar-refractivity contribution is 0.0723. The van der Waals surface area contributed by atoms with Gasteiger partial charge in [0.1, 0.15) is 0 Å². The number of benzene rings is 2. The van der Waals surface area contributed by atoms with Crippen LogP contribution in [0.2, 0.25) is 0 Å². The van der Waals surface area contributed by atoms with Crippen LogP contribution < -0.4 is 0 Å². The number of hydrogen-bond acceptors (Lipinski definition) is 3. The lowest BCUT2D eigenvalue weighted by atomic mass is 10.0. The van der Waals surface area contributed by atoms with Gasteiger partial charge in [0.25, 0.3) is 5.91 Å². The van der Waals surface area contributed by atoms with E-state index in [9.17, 15) is 4.79 Å². The van der Waals surface area contributed by atoms with Gasteiger partial charge in [-0.15, -0.1) is 11.8 Å². The molecule has 1 saturated heterocycles. The Balaban J connectivity index is 1.79. The van der Waals surface area contributed by atoms with Gasteiger partial charge in [-0.05, 0) is 66.0 Å². The van der Waals surface area contributed by atoms with Gasteiger partial charge in [0.2, 0.25) is 0 Å². The largest absolute Gasteiger partial charge is 0.339 e. The van der Waals surface area contributed by atoms with Gasteiger partial charge in [-0.25, -0.2) is 0 Å². The van der Waals surface area contributed by atoms with E-state index in [4.69, 9.17) is 0 Å². The maximum atomic E-state index is 12.8. The van der Waals surface area contributed by atoms with Crippen molar-refractivity contribution in [3.8, 4) is 11.1 Å². The molecule has 1 aliphatic rings. The molecule has 0 spiro atoms. The van der Waals surface area contributed by atoms with Gasteiger partial charge in [0.05, 0.1) is 0 Å². The molecule has 4 heteroatoms. The summed E-state index contributed by atoms with van der Waals surface area (Å²) < 4.78 is 0. The molecule has 1 aliphatic heterocycles. The Bertz CT molecular complexity index is 693. The van der Waals surface area contributed by atoms with E-state index in [-0.39, 0.29) is 5.91 Å². The average molecular weight is 358 g/mol. The quantitative estimate of drug-likeness (QED) is 0.715. The monoisotopic (exact) mass is 357 g/mol. The molecule has 24 heavy (non-hydrogen) atoms. The van der Waals surface area contributed by atoms with Crippen LogP contribution in [0.25, 0.3) is 11.1 Å². The number of thioether (sulfide) groups is 2. The molecular formula is C20H23NOS2. The Kier molecular flexibility index (Phi) is 5.90. The summed E-state index contributed by atoms with van der Waals surface area (Å²) in [6.45, 7) is 0. The zero-order valence-corrected chi connectivity index (χ0v) is 15.8. The molecule has 0 radical (unpaired) electrons. The zero-order chi connectivity index (χ0) is 16.9. The predicted octanol–water partition coefficient (Wildman–Crippen LogP) is 5.04. The Morgan fingerprint density at radius 1 is 1.08 bits per heavy atom. The van der Waals surface area contributed by atoms with E-state index in [1.807, 2.05) is 41.9 Å². The van der Waals surface area contributed by atoms with E-state index in [2.05, 4.69) is 36.6 Å². The number of hydrogen-bond donors (Lipinski definition) is 0. The van der Waals surface area contributed by atoms with E-state index in [1.165, 1.54) is 4.90 Å². The smallest absolute Gasteiger partial charge is 0.253 e. The molecule has 1 heterocycles. The minimum atomic E-state index is 0.134. The maximum Gasteiger partial charge on any atom is 0.253 e. The Hall–Kier alpha value is -1.39. The van der Waals surface area contributed by atoms with Gasteiger partial charge in [-0.2, -0.15) is 11.8 Å². The van der Waals surface area contributed by atoms with Crippen molar-refractivity contribution in [2.75, 3.05) is 24.8 Å². The lowest BCUT2D eigenvalue weighted by Crippen LogP contribution is -2.39. The van der Waals surface area contributed by atoms with Crippen molar-refractivity contribution in [3.05, 3.63) is 54.1 Å². The standard InChI is InChI=1S/C20H23NOS2/c1-21(18-10-12-24-13-11-18)20(22)17-5-3-4-16(14-17)15-6-8-19(23-2)9-7-15/h3-9,14,18H,10-13H2,1-2H3. The first-order valence-electron chi connectivity index (χ1n) is 8.28. The molecule has 2 nitrogen and oxygen atoms in total. The fourth-order valence-corrected chi connectivity index (χ4v) is 4.55. The number of nitrogens with zero attached hydrogens (tertiary/aromatic N) is 1. The third kappa shape index (κ3) is 3.98. The molecule has 1 fully saturated rings. The van der Waals surface area contributed by atoms with E-state index in [0.29, 0.717) is 6.04 Å². The summed E-state index contributed by atoms with van der Waals surface area (Å²) in [7, 11) is 1.95. The fourth-order valence-electron chi connectivity index (χ4n) is 3.06. The number of amides is 1. The average Bonchev–Trinajstić information content (AvgIpc) is 2.67. The molecule has 0 unspecified atom stereocenters.